The van der Waals surface area contributed by atoms with Crippen LogP contribution in [0, 0.1) is 17.0 Å². The van der Waals surface area contributed by atoms with Gasteiger partial charge in [-0.3, -0.25) is 20.0 Å². The minimum Gasteiger partial charge on any atom is -0.354 e. The third-order valence-corrected chi connectivity index (χ3v) is 4.38. The standard InChI is InChI=1S/C17H21N5O2/c1-14-12-16(22(23)24)13-19-17(14)21-10-8-20(9-11-21)7-4-15-2-5-18-6-3-15/h2-3,5-6,12-13H,4,7-11H2,1H3. The van der Waals surface area contributed by atoms with Crippen molar-refractivity contribution in [2.45, 2.75) is 13.3 Å². The molecule has 0 amide bonds. The molecule has 0 aliphatic carbocycles. The molecule has 0 N–H and O–H groups in total. The normalized spacial score (nSPS) is 15.5. The van der Waals surface area contributed by atoms with Crippen LogP contribution < -0.4 is 4.90 Å². The predicted octanol–water partition coefficient (Wildman–Crippen LogP) is 2.06. The maximum atomic E-state index is 10.8. The lowest BCUT2D eigenvalue weighted by molar-refractivity contribution is -0.385. The SMILES string of the molecule is Cc1cc([N+](=O)[O-])cnc1N1CCN(CCc2ccncc2)CC1. The molecule has 2 aromatic heterocycles. The highest BCUT2D eigenvalue weighted by atomic mass is 16.6. The van der Waals surface area contributed by atoms with Crippen LogP contribution in [0.4, 0.5) is 11.5 Å². The van der Waals surface area contributed by atoms with Crippen LogP contribution in [0.2, 0.25) is 0 Å². The Morgan fingerprint density at radius 2 is 1.92 bits per heavy atom. The fraction of sp³-hybridized carbons (Fsp3) is 0.412. The maximum absolute atomic E-state index is 10.8. The van der Waals surface area contributed by atoms with Crippen molar-refractivity contribution in [3.63, 3.8) is 0 Å². The highest BCUT2D eigenvalue weighted by Crippen LogP contribution is 2.22. The van der Waals surface area contributed by atoms with Gasteiger partial charge in [-0.25, -0.2) is 4.98 Å². The number of nitro groups is 1. The number of anilines is 1. The predicted molar refractivity (Wildman–Crippen MR) is 92.2 cm³/mol. The zero-order valence-corrected chi connectivity index (χ0v) is 13.8. The average molecular weight is 327 g/mol. The molecule has 0 atom stereocenters. The van der Waals surface area contributed by atoms with Gasteiger partial charge in [0.25, 0.3) is 5.69 Å². The lowest BCUT2D eigenvalue weighted by atomic mass is 10.2. The van der Waals surface area contributed by atoms with E-state index in [-0.39, 0.29) is 5.69 Å². The summed E-state index contributed by atoms with van der Waals surface area (Å²) in [4.78, 5) is 23.4. The number of hydrogen-bond acceptors (Lipinski definition) is 6. The number of nitrogens with zero attached hydrogens (tertiary/aromatic N) is 5. The van der Waals surface area contributed by atoms with Gasteiger partial charge in [-0.2, -0.15) is 0 Å². The number of aromatic nitrogens is 2. The molecular formula is C17H21N5O2. The van der Waals surface area contributed by atoms with E-state index in [0.29, 0.717) is 0 Å². The molecule has 1 fully saturated rings. The Morgan fingerprint density at radius 3 is 2.54 bits per heavy atom. The number of pyridine rings is 2. The van der Waals surface area contributed by atoms with E-state index < -0.39 is 4.92 Å². The number of hydrogen-bond donors (Lipinski definition) is 0. The van der Waals surface area contributed by atoms with Crippen molar-refractivity contribution < 1.29 is 4.92 Å². The van der Waals surface area contributed by atoms with Crippen molar-refractivity contribution in [2.75, 3.05) is 37.6 Å². The Labute approximate surface area is 141 Å². The van der Waals surface area contributed by atoms with Crippen molar-refractivity contribution in [3.8, 4) is 0 Å². The summed E-state index contributed by atoms with van der Waals surface area (Å²) < 4.78 is 0. The first-order valence-corrected chi connectivity index (χ1v) is 8.11. The van der Waals surface area contributed by atoms with E-state index in [9.17, 15) is 10.1 Å². The summed E-state index contributed by atoms with van der Waals surface area (Å²) in [5.74, 6) is 0.856. The van der Waals surface area contributed by atoms with Gasteiger partial charge in [0.15, 0.2) is 0 Å². The third kappa shape index (κ3) is 3.86. The second-order valence-corrected chi connectivity index (χ2v) is 6.03. The van der Waals surface area contributed by atoms with Crippen LogP contribution in [0.25, 0.3) is 0 Å². The Bertz CT molecular complexity index is 699. The molecule has 0 unspecified atom stereocenters. The van der Waals surface area contributed by atoms with Crippen LogP contribution in [-0.2, 0) is 6.42 Å². The first kappa shape index (κ1) is 16.3. The van der Waals surface area contributed by atoms with Crippen LogP contribution >= 0.6 is 0 Å². The summed E-state index contributed by atoms with van der Waals surface area (Å²) >= 11 is 0. The molecular weight excluding hydrogens is 306 g/mol. The van der Waals surface area contributed by atoms with Gasteiger partial charge in [0, 0.05) is 51.2 Å². The van der Waals surface area contributed by atoms with Crippen LogP contribution in [0.1, 0.15) is 11.1 Å². The second kappa shape index (κ2) is 7.35. The molecule has 3 heterocycles. The van der Waals surface area contributed by atoms with Crippen LogP contribution in [-0.4, -0.2) is 52.5 Å². The Balaban J connectivity index is 1.54. The molecule has 24 heavy (non-hydrogen) atoms. The molecule has 0 bridgehead atoms. The van der Waals surface area contributed by atoms with Gasteiger partial charge in [0.2, 0.25) is 0 Å². The summed E-state index contributed by atoms with van der Waals surface area (Å²) in [5.41, 5.74) is 2.21. The van der Waals surface area contributed by atoms with Crippen molar-refractivity contribution in [1.82, 2.24) is 14.9 Å². The average Bonchev–Trinajstić information content (AvgIpc) is 2.61. The molecule has 0 aromatic carbocycles. The minimum atomic E-state index is -0.402. The number of rotatable bonds is 5. The number of piperazine rings is 1. The Hall–Kier alpha value is -2.54. The summed E-state index contributed by atoms with van der Waals surface area (Å²) in [6, 6.07) is 5.71. The molecule has 126 valence electrons. The van der Waals surface area contributed by atoms with Gasteiger partial charge in [0.05, 0.1) is 4.92 Å². The summed E-state index contributed by atoms with van der Waals surface area (Å²) in [5, 5.41) is 10.8. The van der Waals surface area contributed by atoms with Crippen molar-refractivity contribution in [1.29, 1.82) is 0 Å². The van der Waals surface area contributed by atoms with Gasteiger partial charge in [-0.15, -0.1) is 0 Å². The van der Waals surface area contributed by atoms with E-state index >= 15 is 0 Å². The van der Waals surface area contributed by atoms with Gasteiger partial charge in [0.1, 0.15) is 12.0 Å². The van der Waals surface area contributed by atoms with E-state index in [0.717, 1.165) is 50.5 Å². The molecule has 2 aromatic rings. The largest absolute Gasteiger partial charge is 0.354 e. The molecule has 0 spiro atoms. The quantitative estimate of drug-likeness (QED) is 0.618. The highest BCUT2D eigenvalue weighted by molar-refractivity contribution is 5.50. The molecule has 1 aliphatic heterocycles. The Morgan fingerprint density at radius 1 is 1.21 bits per heavy atom. The van der Waals surface area contributed by atoms with E-state index in [1.807, 2.05) is 19.3 Å². The lowest BCUT2D eigenvalue weighted by Gasteiger charge is -2.36. The summed E-state index contributed by atoms with van der Waals surface area (Å²) in [6.07, 6.45) is 6.03. The van der Waals surface area contributed by atoms with Gasteiger partial charge in [-0.05, 0) is 36.6 Å². The monoisotopic (exact) mass is 327 g/mol. The van der Waals surface area contributed by atoms with Crippen molar-refractivity contribution in [3.05, 3.63) is 58.0 Å². The molecule has 0 radical (unpaired) electrons. The van der Waals surface area contributed by atoms with Crippen LogP contribution in [0.5, 0.6) is 0 Å². The topological polar surface area (TPSA) is 75.4 Å². The molecule has 3 rings (SSSR count). The third-order valence-electron chi connectivity index (χ3n) is 4.38. The Kier molecular flexibility index (Phi) is 5.00. The summed E-state index contributed by atoms with van der Waals surface area (Å²) in [7, 11) is 0. The lowest BCUT2D eigenvalue weighted by Crippen LogP contribution is -2.47. The highest BCUT2D eigenvalue weighted by Gasteiger charge is 2.20. The first-order valence-electron chi connectivity index (χ1n) is 8.11. The van der Waals surface area contributed by atoms with Crippen LogP contribution in [0.15, 0.2) is 36.8 Å². The van der Waals surface area contributed by atoms with E-state index in [1.54, 1.807) is 6.07 Å². The zero-order valence-electron chi connectivity index (χ0n) is 13.8. The van der Waals surface area contributed by atoms with E-state index in [4.69, 9.17) is 0 Å². The molecule has 1 saturated heterocycles. The van der Waals surface area contributed by atoms with E-state index in [1.165, 1.54) is 11.8 Å². The molecule has 7 heteroatoms. The van der Waals surface area contributed by atoms with Gasteiger partial charge < -0.3 is 4.90 Å². The molecule has 1 aliphatic rings. The van der Waals surface area contributed by atoms with E-state index in [2.05, 4.69) is 31.9 Å². The number of aryl methyl sites for hydroxylation is 1. The van der Waals surface area contributed by atoms with Gasteiger partial charge in [-0.1, -0.05) is 0 Å². The fourth-order valence-electron chi connectivity index (χ4n) is 3.00. The van der Waals surface area contributed by atoms with Crippen LogP contribution in [0.3, 0.4) is 0 Å². The molecule has 7 nitrogen and oxygen atoms in total. The zero-order chi connectivity index (χ0) is 16.9. The van der Waals surface area contributed by atoms with Crippen molar-refractivity contribution >= 4 is 11.5 Å². The molecule has 0 saturated carbocycles. The summed E-state index contributed by atoms with van der Waals surface area (Å²) in [6.45, 7) is 6.64. The van der Waals surface area contributed by atoms with Gasteiger partial charge >= 0.3 is 0 Å². The smallest absolute Gasteiger partial charge is 0.287 e. The fourth-order valence-corrected chi connectivity index (χ4v) is 3.00. The first-order chi connectivity index (χ1) is 11.6. The maximum Gasteiger partial charge on any atom is 0.287 e. The van der Waals surface area contributed by atoms with Crippen molar-refractivity contribution in [2.24, 2.45) is 0 Å². The minimum absolute atomic E-state index is 0.0484. The second-order valence-electron chi connectivity index (χ2n) is 6.03.